The van der Waals surface area contributed by atoms with E-state index in [1.54, 1.807) is 7.11 Å². The first-order chi connectivity index (χ1) is 16.4. The van der Waals surface area contributed by atoms with E-state index in [1.165, 1.54) is 27.9 Å². The molecule has 6 rings (SSSR count). The predicted octanol–water partition coefficient (Wildman–Crippen LogP) is 4.55. The van der Waals surface area contributed by atoms with Crippen LogP contribution in [0, 0.1) is 12.8 Å². The molecule has 34 heavy (non-hydrogen) atoms. The summed E-state index contributed by atoms with van der Waals surface area (Å²) in [6.07, 6.45) is 4.50. The van der Waals surface area contributed by atoms with E-state index in [2.05, 4.69) is 28.2 Å². The molecule has 2 aliphatic rings. The van der Waals surface area contributed by atoms with Crippen molar-refractivity contribution in [2.45, 2.75) is 45.2 Å². The fourth-order valence-corrected chi connectivity index (χ4v) is 6.30. The number of nitrogens with two attached hydrogens (primary N) is 1. The molecule has 1 aromatic carbocycles. The van der Waals surface area contributed by atoms with Crippen molar-refractivity contribution in [3.8, 4) is 17.3 Å². The van der Waals surface area contributed by atoms with Gasteiger partial charge in [0.1, 0.15) is 16.1 Å². The number of imidazole rings is 1. The molecule has 2 N–H and O–H groups in total. The Bertz CT molecular complexity index is 1410. The van der Waals surface area contributed by atoms with Crippen molar-refractivity contribution in [3.05, 3.63) is 34.7 Å². The van der Waals surface area contributed by atoms with Gasteiger partial charge in [0.2, 0.25) is 0 Å². The Morgan fingerprint density at radius 3 is 2.79 bits per heavy atom. The Balaban J connectivity index is 1.46. The molecular weight excluding hydrogens is 446 g/mol. The highest BCUT2D eigenvalue weighted by molar-refractivity contribution is 7.18. The summed E-state index contributed by atoms with van der Waals surface area (Å²) in [5, 5.41) is 1.27. The minimum atomic E-state index is -0.00403. The van der Waals surface area contributed by atoms with Gasteiger partial charge in [-0.25, -0.2) is 4.98 Å². The van der Waals surface area contributed by atoms with Crippen LogP contribution in [0.2, 0.25) is 0 Å². The molecule has 7 nitrogen and oxygen atoms in total. The number of carbonyl (C=O) groups is 1. The van der Waals surface area contributed by atoms with Crippen LogP contribution in [0.4, 0.5) is 0 Å². The Kier molecular flexibility index (Phi) is 5.18. The molecular formula is C26H31N5O2S. The van der Waals surface area contributed by atoms with Crippen molar-refractivity contribution in [2.75, 3.05) is 20.2 Å². The topological polar surface area (TPSA) is 78.3 Å². The molecule has 1 aliphatic carbocycles. The number of methoxy groups -OCH3 is 1. The lowest BCUT2D eigenvalue weighted by molar-refractivity contribution is 0.0708. The van der Waals surface area contributed by atoms with Crippen molar-refractivity contribution in [1.82, 2.24) is 19.0 Å². The third-order valence-electron chi connectivity index (χ3n) is 7.20. The number of hydrogen-bond acceptors (Lipinski definition) is 5. The average Bonchev–Trinajstić information content (AvgIpc) is 3.38. The van der Waals surface area contributed by atoms with E-state index < -0.39 is 0 Å². The smallest absolute Gasteiger partial charge is 0.254 e. The Morgan fingerprint density at radius 1 is 1.24 bits per heavy atom. The Hall–Kier alpha value is -2.84. The van der Waals surface area contributed by atoms with Crippen molar-refractivity contribution in [1.29, 1.82) is 0 Å². The molecule has 1 unspecified atom stereocenters. The summed E-state index contributed by atoms with van der Waals surface area (Å²) >= 11 is 1.85. The largest absolute Gasteiger partial charge is 0.494 e. The average molecular weight is 478 g/mol. The van der Waals surface area contributed by atoms with Crippen molar-refractivity contribution in [2.24, 2.45) is 18.7 Å². The summed E-state index contributed by atoms with van der Waals surface area (Å²) < 4.78 is 10.3. The Labute approximate surface area is 203 Å². The van der Waals surface area contributed by atoms with E-state index in [1.807, 2.05) is 35.4 Å². The van der Waals surface area contributed by atoms with Gasteiger partial charge in [-0.3, -0.25) is 4.79 Å². The fourth-order valence-electron chi connectivity index (χ4n) is 5.29. The van der Waals surface area contributed by atoms with Crippen LogP contribution in [-0.4, -0.2) is 51.2 Å². The van der Waals surface area contributed by atoms with Gasteiger partial charge in [-0.1, -0.05) is 0 Å². The number of thiophene rings is 1. The van der Waals surface area contributed by atoms with E-state index in [-0.39, 0.29) is 11.9 Å². The highest BCUT2D eigenvalue weighted by Gasteiger charge is 2.28. The quantitative estimate of drug-likeness (QED) is 0.458. The molecule has 2 fully saturated rings. The normalized spacial score (nSPS) is 18.8. The van der Waals surface area contributed by atoms with Crippen LogP contribution in [0.25, 0.3) is 32.8 Å². The molecule has 1 amide bonds. The van der Waals surface area contributed by atoms with E-state index in [4.69, 9.17) is 15.5 Å². The fraction of sp³-hybridized carbons (Fsp3) is 0.462. The molecule has 3 aromatic heterocycles. The van der Waals surface area contributed by atoms with Gasteiger partial charge in [-0.15, -0.1) is 11.3 Å². The van der Waals surface area contributed by atoms with Gasteiger partial charge in [0.05, 0.1) is 18.3 Å². The number of rotatable bonds is 5. The predicted molar refractivity (Wildman–Crippen MR) is 137 cm³/mol. The van der Waals surface area contributed by atoms with Crippen LogP contribution >= 0.6 is 11.3 Å². The van der Waals surface area contributed by atoms with Crippen LogP contribution in [-0.2, 0) is 13.6 Å². The lowest BCUT2D eigenvalue weighted by Gasteiger charge is -2.30. The summed E-state index contributed by atoms with van der Waals surface area (Å²) in [5.74, 6) is 2.32. The number of aromatic nitrogens is 3. The number of benzene rings is 1. The number of ether oxygens (including phenoxy) is 1. The molecule has 8 heteroatoms. The van der Waals surface area contributed by atoms with Crippen LogP contribution in [0.1, 0.15) is 40.9 Å². The zero-order chi connectivity index (χ0) is 23.6. The van der Waals surface area contributed by atoms with Crippen LogP contribution in [0.5, 0.6) is 5.75 Å². The van der Waals surface area contributed by atoms with E-state index >= 15 is 0 Å². The number of fused-ring (bicyclic) bond motifs is 2. The first-order valence-corrected chi connectivity index (χ1v) is 12.9. The summed E-state index contributed by atoms with van der Waals surface area (Å²) in [7, 11) is 3.69. The second-order valence-electron chi connectivity index (χ2n) is 9.90. The molecule has 1 aliphatic heterocycles. The highest BCUT2D eigenvalue weighted by Crippen LogP contribution is 2.40. The molecule has 178 valence electrons. The van der Waals surface area contributed by atoms with Crippen molar-refractivity contribution in [3.63, 3.8) is 0 Å². The summed E-state index contributed by atoms with van der Waals surface area (Å²) in [5.41, 5.74) is 9.54. The number of amides is 1. The number of likely N-dealkylation sites (tertiary alicyclic amines) is 1. The zero-order valence-electron chi connectivity index (χ0n) is 20.0. The van der Waals surface area contributed by atoms with E-state index in [0.717, 1.165) is 54.4 Å². The van der Waals surface area contributed by atoms with Crippen LogP contribution < -0.4 is 10.5 Å². The van der Waals surface area contributed by atoms with Crippen molar-refractivity contribution >= 4 is 38.5 Å². The maximum Gasteiger partial charge on any atom is 0.254 e. The SMILES string of the molecule is COc1cc(C(=O)N2CCCC(N)C2)cc2nc(-c3cc4cc(C)sc4n3CC3CC3)n(C)c12. The van der Waals surface area contributed by atoms with Gasteiger partial charge >= 0.3 is 0 Å². The summed E-state index contributed by atoms with van der Waals surface area (Å²) in [6.45, 7) is 4.53. The number of piperidine rings is 1. The zero-order valence-corrected chi connectivity index (χ0v) is 20.8. The molecule has 0 spiro atoms. The number of hydrogen-bond donors (Lipinski definition) is 1. The minimum absolute atomic E-state index is 0.00403. The van der Waals surface area contributed by atoms with Gasteiger partial charge < -0.3 is 24.5 Å². The van der Waals surface area contributed by atoms with E-state index in [9.17, 15) is 4.79 Å². The summed E-state index contributed by atoms with van der Waals surface area (Å²) in [4.78, 5) is 22.8. The number of aryl methyl sites for hydroxylation is 2. The second-order valence-corrected chi connectivity index (χ2v) is 11.1. The lowest BCUT2D eigenvalue weighted by Crippen LogP contribution is -2.45. The molecule has 0 bridgehead atoms. The molecule has 4 heterocycles. The molecule has 1 saturated heterocycles. The maximum absolute atomic E-state index is 13.3. The maximum atomic E-state index is 13.3. The highest BCUT2D eigenvalue weighted by atomic mass is 32.1. The first kappa shape index (κ1) is 21.7. The van der Waals surface area contributed by atoms with Gasteiger partial charge in [-0.05, 0) is 62.8 Å². The van der Waals surface area contributed by atoms with Gasteiger partial charge in [0, 0.05) is 48.6 Å². The third-order valence-corrected chi connectivity index (χ3v) is 8.29. The number of carbonyl (C=O) groups excluding carboxylic acids is 1. The van der Waals surface area contributed by atoms with Crippen molar-refractivity contribution < 1.29 is 9.53 Å². The monoisotopic (exact) mass is 477 g/mol. The van der Waals surface area contributed by atoms with Gasteiger partial charge in [0.15, 0.2) is 5.82 Å². The minimum Gasteiger partial charge on any atom is -0.494 e. The summed E-state index contributed by atoms with van der Waals surface area (Å²) in [6, 6.07) is 8.32. The molecule has 1 saturated carbocycles. The molecule has 1 atom stereocenters. The van der Waals surface area contributed by atoms with E-state index in [0.29, 0.717) is 17.9 Å². The number of nitrogens with zero attached hydrogens (tertiary/aromatic N) is 4. The van der Waals surface area contributed by atoms with Gasteiger partial charge in [-0.2, -0.15) is 0 Å². The third kappa shape index (κ3) is 3.60. The van der Waals surface area contributed by atoms with Crippen LogP contribution in [0.3, 0.4) is 0 Å². The molecule has 0 radical (unpaired) electrons. The first-order valence-electron chi connectivity index (χ1n) is 12.1. The second kappa shape index (κ2) is 8.13. The Morgan fingerprint density at radius 2 is 2.06 bits per heavy atom. The standard InChI is InChI=1S/C26H31N5O2S/c1-15-9-18-11-21(31(26(18)34-15)13-16-6-7-16)24-28-20-10-17(12-22(33-3)23(20)29(24)2)25(32)30-8-4-5-19(27)14-30/h9-12,16,19H,4-8,13-14,27H2,1-3H3. The van der Waals surface area contributed by atoms with Gasteiger partial charge in [0.25, 0.3) is 5.91 Å². The lowest BCUT2D eigenvalue weighted by atomic mass is 10.0. The van der Waals surface area contributed by atoms with Crippen LogP contribution in [0.15, 0.2) is 24.3 Å². The molecule has 4 aromatic rings.